The molecule has 2 aliphatic rings. The second-order valence-electron chi connectivity index (χ2n) is 10.1. The molecule has 210 valence electrons. The number of carbonyl (C=O) groups is 2. The quantitative estimate of drug-likeness (QED) is 0.262. The van der Waals surface area contributed by atoms with Gasteiger partial charge >= 0.3 is 6.18 Å². The molecule has 0 radical (unpaired) electrons. The van der Waals surface area contributed by atoms with E-state index < -0.39 is 60.4 Å². The maximum absolute atomic E-state index is 14.5. The van der Waals surface area contributed by atoms with Crippen LogP contribution >= 0.6 is 0 Å². The normalized spacial score (nSPS) is 18.2. The first-order valence-corrected chi connectivity index (χ1v) is 12.5. The Hall–Kier alpha value is -3.51. The van der Waals surface area contributed by atoms with Crippen LogP contribution in [0.1, 0.15) is 54.4 Å². The largest absolute Gasteiger partial charge is 0.418 e. The fourth-order valence-corrected chi connectivity index (χ4v) is 4.74. The van der Waals surface area contributed by atoms with Crippen LogP contribution in [-0.2, 0) is 4.79 Å². The van der Waals surface area contributed by atoms with Crippen molar-refractivity contribution in [2.24, 2.45) is 11.7 Å². The Morgan fingerprint density at radius 2 is 1.82 bits per heavy atom. The molecule has 1 amide bonds. The summed E-state index contributed by atoms with van der Waals surface area (Å²) in [6, 6.07) is 9.44. The first kappa shape index (κ1) is 28.5. The summed E-state index contributed by atoms with van der Waals surface area (Å²) >= 11 is 0. The van der Waals surface area contributed by atoms with Gasteiger partial charge in [0.25, 0.3) is 5.91 Å². The van der Waals surface area contributed by atoms with E-state index in [-0.39, 0.29) is 29.4 Å². The SMILES string of the molecule is CC(CC(=O)c1c(F)cccc1C1CC1)C[C@@](O)(CNC(=O)C1=C(N)N(c2ccc(F)cc2)NC1)C(F)(F)F. The molecule has 2 aromatic rings. The van der Waals surface area contributed by atoms with Crippen molar-refractivity contribution in [2.45, 2.75) is 50.3 Å². The summed E-state index contributed by atoms with van der Waals surface area (Å²) in [7, 11) is 0. The Balaban J connectivity index is 1.43. The van der Waals surface area contributed by atoms with Crippen LogP contribution in [0.15, 0.2) is 53.9 Å². The van der Waals surface area contributed by atoms with Crippen LogP contribution in [0.5, 0.6) is 0 Å². The van der Waals surface area contributed by atoms with Crippen molar-refractivity contribution in [3.8, 4) is 0 Å². The number of anilines is 1. The summed E-state index contributed by atoms with van der Waals surface area (Å²) in [6.07, 6.45) is -4.83. The Kier molecular flexibility index (Phi) is 7.99. The molecular weight excluding hydrogens is 523 g/mol. The van der Waals surface area contributed by atoms with Crippen molar-refractivity contribution in [1.29, 1.82) is 0 Å². The van der Waals surface area contributed by atoms with Gasteiger partial charge in [0.1, 0.15) is 17.5 Å². The second-order valence-corrected chi connectivity index (χ2v) is 10.1. The number of carbonyl (C=O) groups excluding carboxylic acids is 2. The van der Waals surface area contributed by atoms with Gasteiger partial charge in [0.2, 0.25) is 0 Å². The number of nitrogens with zero attached hydrogens (tertiary/aromatic N) is 1. The van der Waals surface area contributed by atoms with Crippen LogP contribution in [0.3, 0.4) is 0 Å². The van der Waals surface area contributed by atoms with E-state index in [4.69, 9.17) is 5.73 Å². The number of amides is 1. The number of hydrogen-bond donors (Lipinski definition) is 4. The van der Waals surface area contributed by atoms with Gasteiger partial charge in [-0.3, -0.25) is 14.6 Å². The molecule has 2 atom stereocenters. The highest BCUT2D eigenvalue weighted by Gasteiger charge is 2.54. The molecule has 1 aliphatic carbocycles. The standard InChI is InChI=1S/C27H29F5N4O3/c1-15(11-22(37)23-19(16-5-6-16)3-2-4-21(23)29)12-26(39,27(30,31)32)14-34-25(38)20-13-35-36(24(20)33)18-9-7-17(28)8-10-18/h2-4,7-10,15-16,35,39H,5-6,11-14,33H2,1H3,(H,34,38)/t15?,26-/m1/s1. The molecule has 0 spiro atoms. The number of Topliss-reactive ketones (excluding diaryl/α,β-unsaturated/α-hetero) is 1. The lowest BCUT2D eigenvalue weighted by atomic mass is 9.85. The average Bonchev–Trinajstić information content (AvgIpc) is 3.64. The Bertz CT molecular complexity index is 1280. The second kappa shape index (κ2) is 10.9. The van der Waals surface area contributed by atoms with Gasteiger partial charge in [-0.25, -0.2) is 14.2 Å². The van der Waals surface area contributed by atoms with E-state index in [1.807, 2.05) is 0 Å². The van der Waals surface area contributed by atoms with E-state index in [1.165, 1.54) is 42.3 Å². The highest BCUT2D eigenvalue weighted by molar-refractivity contribution is 5.98. The predicted octanol–water partition coefficient (Wildman–Crippen LogP) is 4.05. The smallest absolute Gasteiger partial charge is 0.384 e. The zero-order chi connectivity index (χ0) is 28.5. The molecular formula is C27H29F5N4O3. The molecule has 1 aliphatic heterocycles. The third kappa shape index (κ3) is 6.22. The van der Waals surface area contributed by atoms with Crippen molar-refractivity contribution >= 4 is 17.4 Å². The van der Waals surface area contributed by atoms with E-state index in [0.29, 0.717) is 11.3 Å². The molecule has 1 heterocycles. The molecule has 0 bridgehead atoms. The Morgan fingerprint density at radius 1 is 1.15 bits per heavy atom. The van der Waals surface area contributed by atoms with Gasteiger partial charge in [0, 0.05) is 13.0 Å². The minimum atomic E-state index is -5.14. The highest BCUT2D eigenvalue weighted by atomic mass is 19.4. The van der Waals surface area contributed by atoms with Crippen molar-refractivity contribution in [2.75, 3.05) is 18.1 Å². The van der Waals surface area contributed by atoms with Gasteiger partial charge in [-0.05, 0) is 67.0 Å². The number of halogens is 5. The number of hydrogen-bond acceptors (Lipinski definition) is 6. The van der Waals surface area contributed by atoms with Crippen molar-refractivity contribution in [1.82, 2.24) is 10.7 Å². The predicted molar refractivity (Wildman–Crippen MR) is 133 cm³/mol. The summed E-state index contributed by atoms with van der Waals surface area (Å²) in [5.74, 6) is -3.80. The average molecular weight is 553 g/mol. The van der Waals surface area contributed by atoms with Crippen LogP contribution < -0.4 is 21.5 Å². The fraction of sp³-hybridized carbons (Fsp3) is 0.407. The van der Waals surface area contributed by atoms with E-state index in [9.17, 15) is 36.6 Å². The molecule has 1 unspecified atom stereocenters. The maximum Gasteiger partial charge on any atom is 0.418 e. The number of hydrazine groups is 1. The summed E-state index contributed by atoms with van der Waals surface area (Å²) in [5.41, 5.74) is 6.21. The van der Waals surface area contributed by atoms with Crippen molar-refractivity contribution in [3.05, 3.63) is 76.6 Å². The number of rotatable bonds is 10. The van der Waals surface area contributed by atoms with Crippen molar-refractivity contribution in [3.63, 3.8) is 0 Å². The minimum absolute atomic E-state index is 0.0584. The minimum Gasteiger partial charge on any atom is -0.384 e. The monoisotopic (exact) mass is 552 g/mol. The molecule has 0 aromatic heterocycles. The van der Waals surface area contributed by atoms with Gasteiger partial charge in [0.05, 0.1) is 23.4 Å². The van der Waals surface area contributed by atoms with Crippen LogP contribution in [-0.4, -0.2) is 41.7 Å². The van der Waals surface area contributed by atoms with Crippen LogP contribution in [0.4, 0.5) is 27.6 Å². The zero-order valence-corrected chi connectivity index (χ0v) is 21.1. The van der Waals surface area contributed by atoms with Gasteiger partial charge in [-0.1, -0.05) is 19.1 Å². The topological polar surface area (TPSA) is 108 Å². The lowest BCUT2D eigenvalue weighted by Gasteiger charge is -2.33. The van der Waals surface area contributed by atoms with Crippen LogP contribution in [0, 0.1) is 17.6 Å². The van der Waals surface area contributed by atoms with E-state index in [0.717, 1.165) is 18.9 Å². The van der Waals surface area contributed by atoms with E-state index >= 15 is 0 Å². The molecule has 1 fully saturated rings. The molecule has 12 heteroatoms. The van der Waals surface area contributed by atoms with E-state index in [1.54, 1.807) is 6.07 Å². The molecule has 39 heavy (non-hydrogen) atoms. The third-order valence-corrected chi connectivity index (χ3v) is 6.95. The summed E-state index contributed by atoms with van der Waals surface area (Å²) < 4.78 is 69.5. The van der Waals surface area contributed by atoms with Crippen LogP contribution in [0.2, 0.25) is 0 Å². The number of benzene rings is 2. The summed E-state index contributed by atoms with van der Waals surface area (Å²) in [5, 5.41) is 14.0. The van der Waals surface area contributed by atoms with Gasteiger partial charge in [-0.15, -0.1) is 0 Å². The summed E-state index contributed by atoms with van der Waals surface area (Å²) in [4.78, 5) is 25.6. The number of aliphatic hydroxyl groups is 1. The highest BCUT2D eigenvalue weighted by Crippen LogP contribution is 2.43. The van der Waals surface area contributed by atoms with Gasteiger partial charge in [0.15, 0.2) is 11.4 Å². The molecule has 1 saturated carbocycles. The molecule has 2 aromatic carbocycles. The molecule has 5 N–H and O–H groups in total. The summed E-state index contributed by atoms with van der Waals surface area (Å²) in [6.45, 7) is 0.0562. The fourth-order valence-electron chi connectivity index (χ4n) is 4.74. The lowest BCUT2D eigenvalue weighted by molar-refractivity contribution is -0.263. The zero-order valence-electron chi connectivity index (χ0n) is 21.1. The maximum atomic E-state index is 14.5. The number of ketones is 1. The van der Waals surface area contributed by atoms with Crippen molar-refractivity contribution < 1.29 is 36.6 Å². The molecule has 0 saturated heterocycles. The molecule has 4 rings (SSSR count). The Morgan fingerprint density at radius 3 is 2.44 bits per heavy atom. The number of alkyl halides is 3. The third-order valence-electron chi connectivity index (χ3n) is 6.95. The van der Waals surface area contributed by atoms with Crippen LogP contribution in [0.25, 0.3) is 0 Å². The van der Waals surface area contributed by atoms with Gasteiger partial charge < -0.3 is 16.2 Å². The number of nitrogens with two attached hydrogens (primary N) is 1. The molecule has 7 nitrogen and oxygen atoms in total. The number of nitrogens with one attached hydrogen (secondary N) is 2. The lowest BCUT2D eigenvalue weighted by Crippen LogP contribution is -2.54. The van der Waals surface area contributed by atoms with E-state index in [2.05, 4.69) is 10.7 Å². The first-order chi connectivity index (χ1) is 18.3. The first-order valence-electron chi connectivity index (χ1n) is 12.5. The Labute approximate surface area is 221 Å². The van der Waals surface area contributed by atoms with Gasteiger partial charge in [-0.2, -0.15) is 13.2 Å².